The molecule has 1 atom stereocenters. The number of anilines is 3. The lowest BCUT2D eigenvalue weighted by Crippen LogP contribution is -2.41. The van der Waals surface area contributed by atoms with Crippen LogP contribution >= 0.6 is 0 Å². The number of nitrogens with two attached hydrogens (primary N) is 2. The van der Waals surface area contributed by atoms with E-state index in [-0.39, 0.29) is 35.8 Å². The maximum absolute atomic E-state index is 12.3. The van der Waals surface area contributed by atoms with E-state index in [1.807, 2.05) is 0 Å². The first kappa shape index (κ1) is 22.1. The zero-order valence-corrected chi connectivity index (χ0v) is 16.6. The third kappa shape index (κ3) is 5.53. The average molecular weight is 440 g/mol. The van der Waals surface area contributed by atoms with Crippen LogP contribution in [0.25, 0.3) is 11.2 Å². The van der Waals surface area contributed by atoms with E-state index in [1.54, 1.807) is 12.1 Å². The molecule has 0 aliphatic rings. The Morgan fingerprint density at radius 1 is 1.03 bits per heavy atom. The zero-order chi connectivity index (χ0) is 23.3. The van der Waals surface area contributed by atoms with E-state index >= 15 is 0 Å². The molecule has 0 aliphatic heterocycles. The van der Waals surface area contributed by atoms with Crippen molar-refractivity contribution in [3.05, 3.63) is 41.6 Å². The highest BCUT2D eigenvalue weighted by Gasteiger charge is 2.21. The molecule has 0 unspecified atom stereocenters. The highest BCUT2D eigenvalue weighted by molar-refractivity contribution is 5.96. The van der Waals surface area contributed by atoms with Gasteiger partial charge in [-0.25, -0.2) is 14.8 Å². The van der Waals surface area contributed by atoms with Gasteiger partial charge in [-0.3, -0.25) is 9.59 Å². The molecule has 0 spiro atoms. The molecule has 0 saturated heterocycles. The van der Waals surface area contributed by atoms with Crippen molar-refractivity contribution >= 4 is 46.6 Å². The molecular weight excluding hydrogens is 420 g/mol. The Bertz CT molecular complexity index is 1170. The molecule has 1 amide bonds. The quantitative estimate of drug-likeness (QED) is 0.263. The number of nitrogens with one attached hydrogen (secondary N) is 2. The second-order valence-corrected chi connectivity index (χ2v) is 6.74. The van der Waals surface area contributed by atoms with Crippen LogP contribution in [0.4, 0.5) is 17.6 Å². The number of carboxylic acids is 2. The van der Waals surface area contributed by atoms with Crippen molar-refractivity contribution in [1.29, 1.82) is 0 Å². The second kappa shape index (κ2) is 9.51. The SMILES string of the molecule is Nc1nc(N)c2nc(NCc3ccc(C(=O)N[C@H](CCC(=O)O)C(=O)O)cc3)cnc2n1. The van der Waals surface area contributed by atoms with Crippen LogP contribution in [-0.2, 0) is 16.1 Å². The molecule has 1 aromatic carbocycles. The van der Waals surface area contributed by atoms with Crippen LogP contribution in [0.5, 0.6) is 0 Å². The molecule has 3 rings (SSSR count). The van der Waals surface area contributed by atoms with E-state index in [0.717, 1.165) is 5.56 Å². The van der Waals surface area contributed by atoms with Gasteiger partial charge in [0.2, 0.25) is 5.95 Å². The number of aliphatic carboxylic acids is 2. The van der Waals surface area contributed by atoms with Gasteiger partial charge in [-0.15, -0.1) is 0 Å². The number of rotatable bonds is 9. The molecule has 13 nitrogen and oxygen atoms in total. The molecule has 13 heteroatoms. The Labute approximate surface area is 180 Å². The van der Waals surface area contributed by atoms with Crippen LogP contribution in [0, 0.1) is 0 Å². The van der Waals surface area contributed by atoms with Crippen LogP contribution < -0.4 is 22.1 Å². The largest absolute Gasteiger partial charge is 0.481 e. The molecule has 2 heterocycles. The number of amides is 1. The van der Waals surface area contributed by atoms with Gasteiger partial charge in [0.25, 0.3) is 5.91 Å². The summed E-state index contributed by atoms with van der Waals surface area (Å²) in [5.74, 6) is -2.50. The number of carbonyl (C=O) groups excluding carboxylic acids is 1. The second-order valence-electron chi connectivity index (χ2n) is 6.74. The smallest absolute Gasteiger partial charge is 0.326 e. The maximum Gasteiger partial charge on any atom is 0.326 e. The minimum Gasteiger partial charge on any atom is -0.481 e. The number of aromatic nitrogens is 4. The van der Waals surface area contributed by atoms with Crippen LogP contribution in [0.1, 0.15) is 28.8 Å². The molecule has 0 fully saturated rings. The van der Waals surface area contributed by atoms with E-state index in [4.69, 9.17) is 21.7 Å². The van der Waals surface area contributed by atoms with E-state index in [0.29, 0.717) is 17.9 Å². The highest BCUT2D eigenvalue weighted by atomic mass is 16.4. The van der Waals surface area contributed by atoms with Crippen molar-refractivity contribution < 1.29 is 24.6 Å². The molecule has 0 aliphatic carbocycles. The minimum absolute atomic E-state index is 0.00527. The van der Waals surface area contributed by atoms with Crippen LogP contribution in [0.15, 0.2) is 30.5 Å². The number of hydrogen-bond donors (Lipinski definition) is 6. The lowest BCUT2D eigenvalue weighted by Gasteiger charge is -2.14. The number of nitrogens with zero attached hydrogens (tertiary/aromatic N) is 4. The molecule has 166 valence electrons. The van der Waals surface area contributed by atoms with Crippen molar-refractivity contribution in [2.24, 2.45) is 0 Å². The van der Waals surface area contributed by atoms with Crippen molar-refractivity contribution in [3.8, 4) is 0 Å². The van der Waals surface area contributed by atoms with Gasteiger partial charge < -0.3 is 32.3 Å². The van der Waals surface area contributed by atoms with Gasteiger partial charge in [-0.05, 0) is 24.1 Å². The summed E-state index contributed by atoms with van der Waals surface area (Å²) in [5.41, 5.74) is 13.0. The number of benzene rings is 1. The van der Waals surface area contributed by atoms with Crippen molar-refractivity contribution in [1.82, 2.24) is 25.3 Å². The van der Waals surface area contributed by atoms with E-state index in [2.05, 4.69) is 30.6 Å². The topological polar surface area (TPSA) is 219 Å². The highest BCUT2D eigenvalue weighted by Crippen LogP contribution is 2.17. The standard InChI is InChI=1S/C19H20N8O5/c20-15-14-16(27-19(21)26-15)23-8-12(25-14)22-7-9-1-3-10(4-2-9)17(30)24-11(18(31)32)5-6-13(28)29/h1-4,8,11H,5-7H2,(H,22,25)(H,24,30)(H,28,29)(H,31,32)(H4,20,21,23,26,27)/t11-/m1/s1. The van der Waals surface area contributed by atoms with Gasteiger partial charge in [0.1, 0.15) is 11.9 Å². The predicted molar refractivity (Wildman–Crippen MR) is 113 cm³/mol. The van der Waals surface area contributed by atoms with E-state index in [9.17, 15) is 14.4 Å². The minimum atomic E-state index is -1.30. The monoisotopic (exact) mass is 440 g/mol. The molecule has 0 bridgehead atoms. The maximum atomic E-state index is 12.3. The normalized spacial score (nSPS) is 11.6. The summed E-state index contributed by atoms with van der Waals surface area (Å²) in [6.45, 7) is 0.355. The zero-order valence-electron chi connectivity index (χ0n) is 16.6. The lowest BCUT2D eigenvalue weighted by molar-refractivity contribution is -0.140. The summed E-state index contributed by atoms with van der Waals surface area (Å²) >= 11 is 0. The summed E-state index contributed by atoms with van der Waals surface area (Å²) in [4.78, 5) is 50.4. The molecule has 32 heavy (non-hydrogen) atoms. The molecule has 0 saturated carbocycles. The Hall–Kier alpha value is -4.55. The lowest BCUT2D eigenvalue weighted by atomic mass is 10.1. The Kier molecular flexibility index (Phi) is 6.58. The van der Waals surface area contributed by atoms with Gasteiger partial charge in [-0.1, -0.05) is 12.1 Å². The molecule has 0 radical (unpaired) electrons. The number of fused-ring (bicyclic) bond motifs is 1. The summed E-state index contributed by atoms with van der Waals surface area (Å²) < 4.78 is 0. The van der Waals surface area contributed by atoms with Crippen LogP contribution in [0.3, 0.4) is 0 Å². The van der Waals surface area contributed by atoms with Gasteiger partial charge in [0.05, 0.1) is 6.20 Å². The van der Waals surface area contributed by atoms with Crippen LogP contribution in [-0.4, -0.2) is 54.0 Å². The van der Waals surface area contributed by atoms with Gasteiger partial charge >= 0.3 is 11.9 Å². The molecule has 8 N–H and O–H groups in total. The first-order valence-corrected chi connectivity index (χ1v) is 9.37. The fourth-order valence-corrected chi connectivity index (χ4v) is 2.76. The number of carbonyl (C=O) groups is 3. The van der Waals surface area contributed by atoms with Crippen molar-refractivity contribution in [2.45, 2.75) is 25.4 Å². The molecule has 2 aromatic heterocycles. The summed E-state index contributed by atoms with van der Waals surface area (Å²) in [6.07, 6.45) is 0.886. The Morgan fingerprint density at radius 2 is 1.75 bits per heavy atom. The third-order valence-corrected chi connectivity index (χ3v) is 4.39. The molecule has 3 aromatic rings. The predicted octanol–water partition coefficient (Wildman–Crippen LogP) is 0.244. The fourth-order valence-electron chi connectivity index (χ4n) is 2.76. The molecular formula is C19H20N8O5. The average Bonchev–Trinajstić information content (AvgIpc) is 2.75. The van der Waals surface area contributed by atoms with Crippen molar-refractivity contribution in [3.63, 3.8) is 0 Å². The Balaban J connectivity index is 1.62. The first-order valence-electron chi connectivity index (χ1n) is 9.37. The fraction of sp³-hybridized carbons (Fsp3) is 0.211. The van der Waals surface area contributed by atoms with Crippen LogP contribution in [0.2, 0.25) is 0 Å². The third-order valence-electron chi connectivity index (χ3n) is 4.39. The Morgan fingerprint density at radius 3 is 2.41 bits per heavy atom. The van der Waals surface area contributed by atoms with Gasteiger partial charge in [0, 0.05) is 18.5 Å². The summed E-state index contributed by atoms with van der Waals surface area (Å²) in [6, 6.07) is 5.13. The van der Waals surface area contributed by atoms with Gasteiger partial charge in [0.15, 0.2) is 17.0 Å². The number of hydrogen-bond acceptors (Lipinski definition) is 10. The number of carboxylic acid groups (broad SMARTS) is 2. The van der Waals surface area contributed by atoms with Crippen molar-refractivity contribution in [2.75, 3.05) is 16.8 Å². The summed E-state index contributed by atoms with van der Waals surface area (Å²) in [5, 5.41) is 23.2. The van der Waals surface area contributed by atoms with Gasteiger partial charge in [-0.2, -0.15) is 9.97 Å². The summed E-state index contributed by atoms with van der Waals surface area (Å²) in [7, 11) is 0. The van der Waals surface area contributed by atoms with E-state index in [1.165, 1.54) is 18.3 Å². The first-order chi connectivity index (χ1) is 15.2. The van der Waals surface area contributed by atoms with E-state index < -0.39 is 23.9 Å². The number of nitrogen functional groups attached to an aromatic ring is 2.